The maximum Gasteiger partial charge on any atom is 0.226 e. The Morgan fingerprint density at radius 2 is 1.59 bits per heavy atom. The Balaban J connectivity index is 1.74. The van der Waals surface area contributed by atoms with Gasteiger partial charge in [-0.2, -0.15) is 5.10 Å². The Morgan fingerprint density at radius 3 is 2.26 bits per heavy atom. The van der Waals surface area contributed by atoms with E-state index in [1.165, 1.54) is 0 Å². The minimum Gasteiger partial charge on any atom is -0.497 e. The summed E-state index contributed by atoms with van der Waals surface area (Å²) in [5.41, 5.74) is 4.46. The molecule has 172 valence electrons. The van der Waals surface area contributed by atoms with Crippen LogP contribution < -0.4 is 19.5 Å². The molecule has 0 bridgehead atoms. The Hall–Kier alpha value is -4.26. The van der Waals surface area contributed by atoms with Crippen LogP contribution in [0.5, 0.6) is 17.2 Å². The summed E-state index contributed by atoms with van der Waals surface area (Å²) in [6, 6.07) is 23.3. The van der Waals surface area contributed by atoms with E-state index in [0.717, 1.165) is 33.8 Å². The summed E-state index contributed by atoms with van der Waals surface area (Å²) in [5.74, 6) is 2.44. The van der Waals surface area contributed by atoms with E-state index < -0.39 is 0 Å². The largest absolute Gasteiger partial charge is 0.497 e. The van der Waals surface area contributed by atoms with E-state index in [-0.39, 0.29) is 18.2 Å². The highest BCUT2D eigenvalue weighted by Crippen LogP contribution is 2.46. The molecule has 34 heavy (non-hydrogen) atoms. The van der Waals surface area contributed by atoms with E-state index >= 15 is 0 Å². The van der Waals surface area contributed by atoms with Crippen molar-refractivity contribution < 1.29 is 19.0 Å². The van der Waals surface area contributed by atoms with Crippen molar-refractivity contribution >= 4 is 11.7 Å². The second-order valence-electron chi connectivity index (χ2n) is 8.00. The van der Waals surface area contributed by atoms with Crippen molar-refractivity contribution in [2.24, 2.45) is 0 Å². The van der Waals surface area contributed by atoms with E-state index in [1.807, 2.05) is 72.8 Å². The van der Waals surface area contributed by atoms with Gasteiger partial charge >= 0.3 is 0 Å². The molecule has 2 heterocycles. The molecular formula is C27H25N3O4. The summed E-state index contributed by atoms with van der Waals surface area (Å²) in [6.07, 6.45) is 0.282. The summed E-state index contributed by atoms with van der Waals surface area (Å²) in [6.45, 7) is 0. The number of nitrogens with one attached hydrogen (secondary N) is 1. The van der Waals surface area contributed by atoms with Gasteiger partial charge in [-0.05, 0) is 30.3 Å². The minimum absolute atomic E-state index is 0.0790. The number of carbonyl (C=O) groups is 1. The number of aromatic nitrogens is 2. The van der Waals surface area contributed by atoms with Crippen molar-refractivity contribution in [1.29, 1.82) is 0 Å². The van der Waals surface area contributed by atoms with Crippen LogP contribution in [0, 0.1) is 0 Å². The molecule has 0 spiro atoms. The maximum atomic E-state index is 12.9. The van der Waals surface area contributed by atoms with E-state index in [4.69, 9.17) is 19.3 Å². The van der Waals surface area contributed by atoms with Gasteiger partial charge in [0.25, 0.3) is 0 Å². The molecule has 7 heteroatoms. The standard InChI is InChI=1S/C27H25N3O4/c1-32-19-11-9-18(10-12-19)30-27-25(26(29-30)17-7-5-4-6-8-17)22(16-24(31)28-27)21-14-13-20(33-2)15-23(21)34-3/h4-15,22H,16H2,1-3H3,(H,28,31)/t22-/m1/s1. The summed E-state index contributed by atoms with van der Waals surface area (Å²) in [7, 11) is 4.87. The van der Waals surface area contributed by atoms with Gasteiger partial charge in [0.15, 0.2) is 0 Å². The van der Waals surface area contributed by atoms with Crippen LogP contribution in [-0.2, 0) is 4.79 Å². The molecule has 1 aliphatic heterocycles. The number of benzene rings is 3. The van der Waals surface area contributed by atoms with Gasteiger partial charge in [0.2, 0.25) is 5.91 Å². The molecule has 1 aliphatic rings. The lowest BCUT2D eigenvalue weighted by Crippen LogP contribution is -2.25. The van der Waals surface area contributed by atoms with Crippen molar-refractivity contribution in [2.75, 3.05) is 26.6 Å². The molecule has 0 saturated heterocycles. The molecule has 0 unspecified atom stereocenters. The van der Waals surface area contributed by atoms with Gasteiger partial charge in [-0.15, -0.1) is 0 Å². The van der Waals surface area contributed by atoms with Crippen molar-refractivity contribution in [3.05, 3.63) is 83.9 Å². The first-order valence-corrected chi connectivity index (χ1v) is 11.0. The molecule has 1 atom stereocenters. The smallest absolute Gasteiger partial charge is 0.226 e. The number of hydrogen-bond acceptors (Lipinski definition) is 5. The topological polar surface area (TPSA) is 74.6 Å². The third-order valence-electron chi connectivity index (χ3n) is 6.10. The number of hydrogen-bond donors (Lipinski definition) is 1. The van der Waals surface area contributed by atoms with Crippen molar-refractivity contribution in [3.8, 4) is 34.2 Å². The fourth-order valence-corrected chi connectivity index (χ4v) is 4.44. The lowest BCUT2D eigenvalue weighted by atomic mass is 9.84. The van der Waals surface area contributed by atoms with Crippen LogP contribution in [0.15, 0.2) is 72.8 Å². The van der Waals surface area contributed by atoms with Crippen molar-refractivity contribution in [2.45, 2.75) is 12.3 Å². The average molecular weight is 456 g/mol. The highest BCUT2D eigenvalue weighted by Gasteiger charge is 2.35. The number of amides is 1. The summed E-state index contributed by atoms with van der Waals surface area (Å²) >= 11 is 0. The van der Waals surface area contributed by atoms with Crippen LogP contribution in [-0.4, -0.2) is 37.0 Å². The normalized spacial score (nSPS) is 14.8. The number of ether oxygens (including phenoxy) is 3. The van der Waals surface area contributed by atoms with E-state index in [2.05, 4.69) is 5.32 Å². The van der Waals surface area contributed by atoms with Crippen LogP contribution in [0.4, 0.5) is 5.82 Å². The molecule has 0 saturated carbocycles. The molecule has 4 aromatic rings. The lowest BCUT2D eigenvalue weighted by molar-refractivity contribution is -0.116. The zero-order valence-electron chi connectivity index (χ0n) is 19.2. The molecule has 1 amide bonds. The molecule has 5 rings (SSSR count). The van der Waals surface area contributed by atoms with Crippen molar-refractivity contribution in [3.63, 3.8) is 0 Å². The zero-order chi connectivity index (χ0) is 23.7. The van der Waals surface area contributed by atoms with E-state index in [1.54, 1.807) is 26.0 Å². The van der Waals surface area contributed by atoms with Crippen LogP contribution >= 0.6 is 0 Å². The molecule has 1 N–H and O–H groups in total. The van der Waals surface area contributed by atoms with E-state index in [0.29, 0.717) is 17.3 Å². The van der Waals surface area contributed by atoms with E-state index in [9.17, 15) is 4.79 Å². The summed E-state index contributed by atoms with van der Waals surface area (Å²) < 4.78 is 18.2. The van der Waals surface area contributed by atoms with Crippen LogP contribution in [0.25, 0.3) is 16.9 Å². The van der Waals surface area contributed by atoms with Gasteiger partial charge in [-0.3, -0.25) is 4.79 Å². The monoisotopic (exact) mass is 455 g/mol. The van der Waals surface area contributed by atoms with Crippen molar-refractivity contribution in [1.82, 2.24) is 9.78 Å². The summed E-state index contributed by atoms with van der Waals surface area (Å²) in [4.78, 5) is 12.9. The first-order valence-electron chi connectivity index (χ1n) is 11.0. The number of nitrogens with zero attached hydrogens (tertiary/aromatic N) is 2. The van der Waals surface area contributed by atoms with Crippen LogP contribution in [0.2, 0.25) is 0 Å². The molecule has 0 aliphatic carbocycles. The number of anilines is 1. The molecular weight excluding hydrogens is 430 g/mol. The van der Waals surface area contributed by atoms with Gasteiger partial charge in [-0.25, -0.2) is 4.68 Å². The highest BCUT2D eigenvalue weighted by atomic mass is 16.5. The first kappa shape index (κ1) is 21.6. The molecule has 0 fully saturated rings. The molecule has 3 aromatic carbocycles. The maximum absolute atomic E-state index is 12.9. The molecule has 7 nitrogen and oxygen atoms in total. The van der Waals surface area contributed by atoms with Gasteiger partial charge in [0, 0.05) is 35.1 Å². The Bertz CT molecular complexity index is 1330. The second kappa shape index (κ2) is 8.94. The van der Waals surface area contributed by atoms with Gasteiger partial charge in [0.05, 0.1) is 32.7 Å². The molecule has 0 radical (unpaired) electrons. The fraction of sp³-hybridized carbons (Fsp3) is 0.185. The highest BCUT2D eigenvalue weighted by molar-refractivity contribution is 5.97. The number of rotatable bonds is 6. The predicted molar refractivity (Wildman–Crippen MR) is 130 cm³/mol. The summed E-state index contributed by atoms with van der Waals surface area (Å²) in [5, 5.41) is 8.05. The zero-order valence-corrected chi connectivity index (χ0v) is 19.2. The third-order valence-corrected chi connectivity index (χ3v) is 6.10. The number of carbonyl (C=O) groups excluding carboxylic acids is 1. The van der Waals surface area contributed by atoms with Gasteiger partial charge in [0.1, 0.15) is 23.1 Å². The SMILES string of the molecule is COc1ccc(-n2nc(-c3ccccc3)c3c2NC(=O)C[C@@H]3c2ccc(OC)cc2OC)cc1. The van der Waals surface area contributed by atoms with Crippen LogP contribution in [0.3, 0.4) is 0 Å². The first-order chi connectivity index (χ1) is 16.6. The second-order valence-corrected chi connectivity index (χ2v) is 8.00. The van der Waals surface area contributed by atoms with Gasteiger partial charge < -0.3 is 19.5 Å². The third kappa shape index (κ3) is 3.75. The quantitative estimate of drug-likeness (QED) is 0.441. The number of methoxy groups -OCH3 is 3. The van der Waals surface area contributed by atoms with Crippen LogP contribution in [0.1, 0.15) is 23.5 Å². The minimum atomic E-state index is -0.244. The Labute approximate surface area is 197 Å². The predicted octanol–water partition coefficient (Wildman–Crippen LogP) is 5.04. The average Bonchev–Trinajstić information content (AvgIpc) is 3.27. The number of fused-ring (bicyclic) bond motifs is 1. The molecule has 1 aromatic heterocycles. The Morgan fingerprint density at radius 1 is 0.882 bits per heavy atom. The Kier molecular flexibility index (Phi) is 5.67. The lowest BCUT2D eigenvalue weighted by Gasteiger charge is -2.26. The fourth-order valence-electron chi connectivity index (χ4n) is 4.44. The van der Waals surface area contributed by atoms with Gasteiger partial charge in [-0.1, -0.05) is 36.4 Å².